The van der Waals surface area contributed by atoms with Gasteiger partial charge in [-0.3, -0.25) is 9.59 Å². The summed E-state index contributed by atoms with van der Waals surface area (Å²) in [6.45, 7) is 3.23. The van der Waals surface area contributed by atoms with Crippen LogP contribution in [0, 0.1) is 11.8 Å². The first-order chi connectivity index (χ1) is 11.2. The van der Waals surface area contributed by atoms with Crippen LogP contribution in [0.15, 0.2) is 30.3 Å². The molecular weight excluding hydrogens is 290 g/mol. The predicted octanol–water partition coefficient (Wildman–Crippen LogP) is 1.25. The lowest BCUT2D eigenvalue weighted by Crippen LogP contribution is -2.49. The highest BCUT2D eigenvalue weighted by molar-refractivity contribution is 5.92. The van der Waals surface area contributed by atoms with Gasteiger partial charge in [-0.25, -0.2) is 0 Å². The van der Waals surface area contributed by atoms with E-state index in [-0.39, 0.29) is 23.7 Å². The van der Waals surface area contributed by atoms with Crippen molar-refractivity contribution in [3.05, 3.63) is 30.3 Å². The van der Waals surface area contributed by atoms with Gasteiger partial charge in [-0.15, -0.1) is 0 Å². The zero-order chi connectivity index (χ0) is 15.8. The van der Waals surface area contributed by atoms with Gasteiger partial charge >= 0.3 is 0 Å². The molecule has 2 aliphatic carbocycles. The van der Waals surface area contributed by atoms with Gasteiger partial charge in [0.25, 0.3) is 0 Å². The first kappa shape index (κ1) is 14.5. The van der Waals surface area contributed by atoms with E-state index >= 15 is 0 Å². The third-order valence-electron chi connectivity index (χ3n) is 5.08. The highest BCUT2D eigenvalue weighted by atomic mass is 16.2. The van der Waals surface area contributed by atoms with Gasteiger partial charge in [0.1, 0.15) is 0 Å². The van der Waals surface area contributed by atoms with E-state index in [1.54, 1.807) is 0 Å². The van der Waals surface area contributed by atoms with Crippen molar-refractivity contribution in [3.8, 4) is 0 Å². The molecule has 5 heteroatoms. The molecule has 0 spiro atoms. The summed E-state index contributed by atoms with van der Waals surface area (Å²) in [7, 11) is 0. The van der Waals surface area contributed by atoms with Crippen LogP contribution in [0.3, 0.4) is 0 Å². The van der Waals surface area contributed by atoms with Crippen LogP contribution in [0.25, 0.3) is 0 Å². The molecular formula is C18H23N3O2. The Kier molecular flexibility index (Phi) is 3.71. The number of hydrogen-bond acceptors (Lipinski definition) is 3. The van der Waals surface area contributed by atoms with Crippen molar-refractivity contribution in [2.24, 2.45) is 11.8 Å². The van der Waals surface area contributed by atoms with E-state index in [4.69, 9.17) is 0 Å². The van der Waals surface area contributed by atoms with Crippen LogP contribution < -0.4 is 10.2 Å². The van der Waals surface area contributed by atoms with E-state index in [1.165, 1.54) is 5.69 Å². The molecule has 1 heterocycles. The fourth-order valence-electron chi connectivity index (χ4n) is 3.35. The van der Waals surface area contributed by atoms with Crippen molar-refractivity contribution in [1.29, 1.82) is 0 Å². The number of carbonyl (C=O) groups excluding carboxylic acids is 2. The Labute approximate surface area is 136 Å². The molecule has 1 aromatic carbocycles. The topological polar surface area (TPSA) is 52.7 Å². The molecule has 122 valence electrons. The summed E-state index contributed by atoms with van der Waals surface area (Å²) in [5.74, 6) is 0.120. The molecule has 1 aliphatic heterocycles. The van der Waals surface area contributed by atoms with Crippen molar-refractivity contribution in [1.82, 2.24) is 10.2 Å². The van der Waals surface area contributed by atoms with E-state index < -0.39 is 0 Å². The summed E-state index contributed by atoms with van der Waals surface area (Å²) in [5.41, 5.74) is 1.22. The van der Waals surface area contributed by atoms with Gasteiger partial charge in [0.15, 0.2) is 0 Å². The van der Waals surface area contributed by atoms with Gasteiger partial charge in [-0.05, 0) is 31.4 Å². The second-order valence-electron chi connectivity index (χ2n) is 6.88. The molecule has 2 atom stereocenters. The molecule has 1 aromatic rings. The lowest BCUT2D eigenvalue weighted by atomic mass is 10.2. The lowest BCUT2D eigenvalue weighted by molar-refractivity contribution is -0.135. The van der Waals surface area contributed by atoms with Gasteiger partial charge in [0, 0.05) is 37.9 Å². The number of benzene rings is 1. The monoisotopic (exact) mass is 313 g/mol. The summed E-state index contributed by atoms with van der Waals surface area (Å²) < 4.78 is 0. The standard InChI is InChI=1S/C18H23N3O2/c22-17(19-13-6-7-13)15-12-16(15)18(23)21-10-8-20(9-11-21)14-4-2-1-3-5-14/h1-5,13,15-16H,6-12H2,(H,19,22). The van der Waals surface area contributed by atoms with Crippen LogP contribution >= 0.6 is 0 Å². The summed E-state index contributed by atoms with van der Waals surface area (Å²) in [6.07, 6.45) is 2.92. The molecule has 4 rings (SSSR count). The third kappa shape index (κ3) is 3.19. The second kappa shape index (κ2) is 5.87. The van der Waals surface area contributed by atoms with Crippen LogP contribution in [0.1, 0.15) is 19.3 Å². The summed E-state index contributed by atoms with van der Waals surface area (Å²) in [4.78, 5) is 28.8. The Morgan fingerprint density at radius 3 is 2.30 bits per heavy atom. The predicted molar refractivity (Wildman–Crippen MR) is 88.0 cm³/mol. The molecule has 23 heavy (non-hydrogen) atoms. The minimum Gasteiger partial charge on any atom is -0.368 e. The number of hydrogen-bond donors (Lipinski definition) is 1. The second-order valence-corrected chi connectivity index (χ2v) is 6.88. The SMILES string of the molecule is O=C(NC1CC1)C1CC1C(=O)N1CCN(c2ccccc2)CC1. The molecule has 2 amide bonds. The minimum atomic E-state index is -0.0738. The number of carbonyl (C=O) groups is 2. The highest BCUT2D eigenvalue weighted by Crippen LogP contribution is 2.41. The molecule has 3 fully saturated rings. The number of nitrogens with zero attached hydrogens (tertiary/aromatic N) is 2. The van der Waals surface area contributed by atoms with Gasteiger partial charge in [0.2, 0.25) is 11.8 Å². The maximum Gasteiger partial charge on any atom is 0.226 e. The number of para-hydroxylation sites is 1. The van der Waals surface area contributed by atoms with Crippen molar-refractivity contribution >= 4 is 17.5 Å². The molecule has 2 saturated carbocycles. The van der Waals surface area contributed by atoms with E-state index in [2.05, 4.69) is 22.3 Å². The first-order valence-electron chi connectivity index (χ1n) is 8.61. The molecule has 0 bridgehead atoms. The molecule has 5 nitrogen and oxygen atoms in total. The Morgan fingerprint density at radius 2 is 1.65 bits per heavy atom. The van der Waals surface area contributed by atoms with Crippen molar-refractivity contribution in [2.45, 2.75) is 25.3 Å². The molecule has 3 aliphatic rings. The zero-order valence-corrected chi connectivity index (χ0v) is 13.3. The van der Waals surface area contributed by atoms with E-state index in [0.29, 0.717) is 6.04 Å². The van der Waals surface area contributed by atoms with Crippen molar-refractivity contribution in [3.63, 3.8) is 0 Å². The van der Waals surface area contributed by atoms with Crippen LogP contribution in [-0.4, -0.2) is 48.9 Å². The highest BCUT2D eigenvalue weighted by Gasteiger charge is 2.50. The lowest BCUT2D eigenvalue weighted by Gasteiger charge is -2.36. The third-order valence-corrected chi connectivity index (χ3v) is 5.08. The first-order valence-corrected chi connectivity index (χ1v) is 8.61. The van der Waals surface area contributed by atoms with Gasteiger partial charge in [-0.2, -0.15) is 0 Å². The molecule has 1 N–H and O–H groups in total. The molecule has 0 aromatic heterocycles. The number of anilines is 1. The molecule has 0 radical (unpaired) electrons. The van der Waals surface area contributed by atoms with Crippen LogP contribution in [0.5, 0.6) is 0 Å². The Balaban J connectivity index is 1.27. The Morgan fingerprint density at radius 1 is 0.957 bits per heavy atom. The van der Waals surface area contributed by atoms with Gasteiger partial charge < -0.3 is 15.1 Å². The maximum atomic E-state index is 12.5. The van der Waals surface area contributed by atoms with Crippen LogP contribution in [0.2, 0.25) is 0 Å². The average molecular weight is 313 g/mol. The van der Waals surface area contributed by atoms with E-state index in [0.717, 1.165) is 45.4 Å². The average Bonchev–Trinajstić information content (AvgIpc) is 3.49. The normalized spacial score (nSPS) is 26.8. The smallest absolute Gasteiger partial charge is 0.226 e. The van der Waals surface area contributed by atoms with Crippen molar-refractivity contribution < 1.29 is 9.59 Å². The summed E-state index contributed by atoms with van der Waals surface area (Å²) in [6, 6.07) is 10.7. The fourth-order valence-corrected chi connectivity index (χ4v) is 3.35. The fraction of sp³-hybridized carbons (Fsp3) is 0.556. The number of amides is 2. The summed E-state index contributed by atoms with van der Waals surface area (Å²) in [5, 5.41) is 3.01. The number of piperazine rings is 1. The zero-order valence-electron chi connectivity index (χ0n) is 13.3. The quantitative estimate of drug-likeness (QED) is 0.910. The Hall–Kier alpha value is -2.04. The maximum absolute atomic E-state index is 12.5. The summed E-state index contributed by atoms with van der Waals surface area (Å²) >= 11 is 0. The molecule has 1 saturated heterocycles. The van der Waals surface area contributed by atoms with Gasteiger partial charge in [0.05, 0.1) is 11.8 Å². The van der Waals surface area contributed by atoms with Crippen LogP contribution in [0.4, 0.5) is 5.69 Å². The van der Waals surface area contributed by atoms with E-state index in [1.807, 2.05) is 23.1 Å². The van der Waals surface area contributed by atoms with Gasteiger partial charge in [-0.1, -0.05) is 18.2 Å². The number of rotatable bonds is 4. The van der Waals surface area contributed by atoms with Crippen LogP contribution in [-0.2, 0) is 9.59 Å². The van der Waals surface area contributed by atoms with Crippen molar-refractivity contribution in [2.75, 3.05) is 31.1 Å². The minimum absolute atomic E-state index is 0.0722. The molecule has 2 unspecified atom stereocenters. The Bertz CT molecular complexity index is 592. The number of nitrogens with one attached hydrogen (secondary N) is 1. The van der Waals surface area contributed by atoms with E-state index in [9.17, 15) is 9.59 Å². The largest absolute Gasteiger partial charge is 0.368 e.